The van der Waals surface area contributed by atoms with Gasteiger partial charge in [0.05, 0.1) is 33.1 Å². The molecule has 0 saturated carbocycles. The van der Waals surface area contributed by atoms with Gasteiger partial charge in [0.25, 0.3) is 0 Å². The monoisotopic (exact) mass is 1800 g/mol. The van der Waals surface area contributed by atoms with Crippen LogP contribution in [0.4, 0.5) is 0 Å². The first kappa shape index (κ1) is 80.3. The van der Waals surface area contributed by atoms with E-state index in [2.05, 4.69) is 147 Å². The van der Waals surface area contributed by atoms with Gasteiger partial charge in [0.15, 0.2) is 0 Å². The Morgan fingerprint density at radius 2 is 0.447 bits per heavy atom. The Morgan fingerprint density at radius 1 is 0.277 bits per heavy atom. The molecule has 15 rings (SSSR count). The Bertz CT molecular complexity index is 3430. The van der Waals surface area contributed by atoms with E-state index in [4.69, 9.17) is 0 Å². The topological polar surface area (TPSA) is 116 Å². The van der Waals surface area contributed by atoms with Crippen LogP contribution in [-0.2, 0) is 60.3 Å². The van der Waals surface area contributed by atoms with Crippen LogP contribution in [0.15, 0.2) is 203 Å². The van der Waals surface area contributed by atoms with Gasteiger partial charge < -0.3 is 59.5 Å². The van der Waals surface area contributed by atoms with Crippen LogP contribution in [-0.4, -0.2) is 132 Å². The first-order valence-electron chi connectivity index (χ1n) is 30.6. The molecular formula is C73H94Ir3N18-6. The van der Waals surface area contributed by atoms with Crippen LogP contribution in [0.5, 0.6) is 0 Å². The number of hydrazine groups is 3. The molecule has 0 fully saturated rings. The van der Waals surface area contributed by atoms with Crippen molar-refractivity contribution in [2.24, 2.45) is 0 Å². The van der Waals surface area contributed by atoms with Crippen molar-refractivity contribution in [3.63, 3.8) is 0 Å². The van der Waals surface area contributed by atoms with Crippen LogP contribution in [0.25, 0.3) is 65.4 Å². The predicted octanol–water partition coefficient (Wildman–Crippen LogP) is 15.9. The average molecular weight is 1800 g/mol. The van der Waals surface area contributed by atoms with Crippen molar-refractivity contribution in [3.8, 4) is 0 Å². The summed E-state index contributed by atoms with van der Waals surface area (Å²) in [6, 6.07) is 30.7. The summed E-state index contributed by atoms with van der Waals surface area (Å²) in [7, 11) is 12.0. The second kappa shape index (κ2) is 41.0. The van der Waals surface area contributed by atoms with Gasteiger partial charge in [0.1, 0.15) is 0 Å². The zero-order chi connectivity index (χ0) is 64.5. The zero-order valence-corrected chi connectivity index (χ0v) is 63.4. The normalized spacial score (nSPS) is 14.2. The molecule has 12 heterocycles. The Morgan fingerprint density at radius 3 is 0.617 bits per heavy atom. The van der Waals surface area contributed by atoms with Crippen molar-refractivity contribution >= 4 is 65.4 Å². The van der Waals surface area contributed by atoms with Gasteiger partial charge in [-0.1, -0.05) is 105 Å². The molecule has 509 valence electrons. The first-order chi connectivity index (χ1) is 43.6. The minimum absolute atomic E-state index is 0. The van der Waals surface area contributed by atoms with Crippen molar-refractivity contribution in [3.05, 3.63) is 259 Å². The van der Waals surface area contributed by atoms with Crippen LogP contribution in [0.2, 0.25) is 0 Å². The van der Waals surface area contributed by atoms with Gasteiger partial charge in [0, 0.05) is 167 Å². The molecule has 6 aliphatic rings. The van der Waals surface area contributed by atoms with Gasteiger partial charge in [-0.3, -0.25) is 29.9 Å². The quantitative estimate of drug-likeness (QED) is 0.123. The molecule has 6 aliphatic heterocycles. The molecular weight excluding hydrogens is 1710 g/mol. The number of benzene rings is 3. The minimum Gasteiger partial charge on any atom is -0.509 e. The van der Waals surface area contributed by atoms with E-state index in [0.717, 1.165) is 49.3 Å². The number of nitrogens with zero attached hydrogens (tertiary/aromatic N) is 18. The van der Waals surface area contributed by atoms with Crippen LogP contribution >= 0.6 is 0 Å². The Hall–Kier alpha value is -7.89. The number of aromatic nitrogens is 6. The number of fused-ring (bicyclic) bond motifs is 9. The third-order valence-electron chi connectivity index (χ3n) is 13.3. The van der Waals surface area contributed by atoms with Crippen molar-refractivity contribution in [1.29, 1.82) is 0 Å². The van der Waals surface area contributed by atoms with E-state index in [1.54, 1.807) is 0 Å². The van der Waals surface area contributed by atoms with Crippen molar-refractivity contribution in [2.45, 2.75) is 89.0 Å². The van der Waals surface area contributed by atoms with Gasteiger partial charge in [-0.2, -0.15) is 0 Å². The summed E-state index contributed by atoms with van der Waals surface area (Å²) >= 11 is 0. The number of pyridine rings is 6. The summed E-state index contributed by atoms with van der Waals surface area (Å²) in [6.45, 7) is 31.1. The van der Waals surface area contributed by atoms with Crippen LogP contribution < -0.4 is 0 Å². The summed E-state index contributed by atoms with van der Waals surface area (Å²) in [5.41, 5.74) is 9.68. The fraction of sp³-hybridized carbons (Fsp3) is 0.260. The van der Waals surface area contributed by atoms with E-state index < -0.39 is 0 Å². The van der Waals surface area contributed by atoms with E-state index in [1.165, 1.54) is 52.1 Å². The van der Waals surface area contributed by atoms with Gasteiger partial charge in [-0.05, 0) is 172 Å². The molecule has 0 amide bonds. The first-order valence-corrected chi connectivity index (χ1v) is 30.6. The largest absolute Gasteiger partial charge is 0.509 e. The summed E-state index contributed by atoms with van der Waals surface area (Å²) in [5.74, 6) is 0. The van der Waals surface area contributed by atoms with Crippen molar-refractivity contribution in [2.75, 3.05) is 42.3 Å². The Labute approximate surface area is 601 Å². The number of rotatable bonds is 3. The van der Waals surface area contributed by atoms with E-state index >= 15 is 0 Å². The smallest absolute Gasteiger partial charge is 0.0967 e. The molecule has 0 atom stereocenters. The van der Waals surface area contributed by atoms with E-state index in [9.17, 15) is 0 Å². The van der Waals surface area contributed by atoms with Crippen LogP contribution in [0.1, 0.15) is 84.9 Å². The summed E-state index contributed by atoms with van der Waals surface area (Å²) in [6.07, 6.45) is 38.6. The molecule has 3 radical (unpaired) electrons. The average Bonchev–Trinajstić information content (AvgIpc) is 1.05. The molecule has 94 heavy (non-hydrogen) atoms. The maximum Gasteiger partial charge on any atom is 0.0967 e. The molecule has 0 N–H and O–H groups in total. The summed E-state index contributed by atoms with van der Waals surface area (Å²) < 4.78 is 0. The van der Waals surface area contributed by atoms with E-state index in [-0.39, 0.29) is 67.7 Å². The Kier molecular flexibility index (Phi) is 35.1. The number of hydrogen-bond acceptors (Lipinski definition) is 18. The third-order valence-corrected chi connectivity index (χ3v) is 13.3. The fourth-order valence-electron chi connectivity index (χ4n) is 9.31. The van der Waals surface area contributed by atoms with Gasteiger partial charge >= 0.3 is 0 Å². The van der Waals surface area contributed by atoms with Gasteiger partial charge in [0.2, 0.25) is 0 Å². The van der Waals surface area contributed by atoms with Crippen LogP contribution in [0, 0.1) is 60.8 Å². The predicted molar refractivity (Wildman–Crippen MR) is 378 cm³/mol. The molecule has 0 spiro atoms. The van der Waals surface area contributed by atoms with E-state index in [1.807, 2.05) is 290 Å². The summed E-state index contributed by atoms with van der Waals surface area (Å²) in [4.78, 5) is 38.4. The zero-order valence-electron chi connectivity index (χ0n) is 56.2. The molecule has 9 aromatic rings. The van der Waals surface area contributed by atoms with E-state index in [0.29, 0.717) is 0 Å². The molecule has 6 aromatic heterocycles. The summed E-state index contributed by atoms with van der Waals surface area (Å²) in [5, 5.41) is 19.0. The molecule has 3 aromatic carbocycles. The van der Waals surface area contributed by atoms with Gasteiger partial charge in [-0.25, -0.2) is 0 Å². The maximum atomic E-state index is 4.41. The molecule has 0 saturated heterocycles. The number of aryl methyl sites for hydroxylation is 3. The minimum atomic E-state index is 0. The van der Waals surface area contributed by atoms with Crippen molar-refractivity contribution in [1.82, 2.24) is 89.4 Å². The third kappa shape index (κ3) is 22.7. The maximum absolute atomic E-state index is 4.41. The fourth-order valence-corrected chi connectivity index (χ4v) is 9.31. The molecule has 21 heteroatoms. The van der Waals surface area contributed by atoms with Crippen molar-refractivity contribution < 1.29 is 60.3 Å². The SMILES string of the molecule is C.CCC.CCC.CCC.CN1C=CN(N2C=CN(C)[CH-]2)[CH-]1.CN1C=CN(N2C=CN(C)[CH-]2)[CH-]1.CN1C=CN(N2C=CN(C)[CH-]2)[CH-]1.Cc1cc2cccnc2c2ncccc12.Cc1cc2cccnc2c2ncccc12.Cc1cc2cccnc2c2ncccc12.[Ir].[Ir].[Ir]. The second-order valence-corrected chi connectivity index (χ2v) is 21.9. The second-order valence-electron chi connectivity index (χ2n) is 21.9. The van der Waals surface area contributed by atoms with Gasteiger partial charge in [-0.15, -0.1) is 40.0 Å². The Balaban J connectivity index is 0.000000285. The molecule has 0 bridgehead atoms. The molecule has 18 nitrogen and oxygen atoms in total. The standard InChI is InChI=1S/3C13H10N2.3C8H12N4.3C3H8.CH4.3Ir/c3*1-9-8-10-4-2-6-14-12(10)13-11(9)5-3-7-15-13;3*1-9-3-5-11(7-9)12-6-4-10(2)8-12;3*1-3-2;;;;/h3*2-8H,1H3;3*3-8H,1-2H3;3*3H2,1-2H3;1H4;;;/q;;;3*-2;;;;;;;. The molecule has 0 unspecified atom stereocenters. The van der Waals surface area contributed by atoms with Crippen LogP contribution in [0.3, 0.4) is 0 Å². The molecule has 0 aliphatic carbocycles. The number of hydrogen-bond donors (Lipinski definition) is 0.